The first kappa shape index (κ1) is 12.2. The SMILES string of the molecule is COc1ccc(-c2ccc(O)cc2OC)c(F)c1. The predicted octanol–water partition coefficient (Wildman–Crippen LogP) is 3.22. The lowest BCUT2D eigenvalue weighted by Gasteiger charge is -2.10. The average Bonchev–Trinajstić information content (AvgIpc) is 2.39. The number of aromatic hydroxyl groups is 1. The van der Waals surface area contributed by atoms with E-state index < -0.39 is 5.82 Å². The van der Waals surface area contributed by atoms with Gasteiger partial charge in [-0.1, -0.05) is 0 Å². The van der Waals surface area contributed by atoms with Crippen molar-refractivity contribution < 1.29 is 19.0 Å². The van der Waals surface area contributed by atoms with Crippen molar-refractivity contribution in [2.75, 3.05) is 14.2 Å². The normalized spacial score (nSPS) is 10.2. The van der Waals surface area contributed by atoms with Crippen LogP contribution in [0.5, 0.6) is 17.2 Å². The van der Waals surface area contributed by atoms with Crippen LogP contribution in [0, 0.1) is 5.82 Å². The molecule has 94 valence electrons. The van der Waals surface area contributed by atoms with E-state index in [1.165, 1.54) is 32.4 Å². The molecule has 0 atom stereocenters. The number of ether oxygens (including phenoxy) is 2. The molecule has 0 saturated carbocycles. The Kier molecular flexibility index (Phi) is 3.37. The molecule has 0 heterocycles. The number of rotatable bonds is 3. The van der Waals surface area contributed by atoms with Crippen molar-refractivity contribution in [2.24, 2.45) is 0 Å². The summed E-state index contributed by atoms with van der Waals surface area (Å²) in [5.41, 5.74) is 0.975. The van der Waals surface area contributed by atoms with E-state index in [4.69, 9.17) is 9.47 Å². The number of phenolic OH excluding ortho intramolecular Hbond substituents is 1. The van der Waals surface area contributed by atoms with Crippen molar-refractivity contribution in [3.63, 3.8) is 0 Å². The van der Waals surface area contributed by atoms with E-state index >= 15 is 0 Å². The van der Waals surface area contributed by atoms with E-state index in [0.29, 0.717) is 22.6 Å². The molecular weight excluding hydrogens is 235 g/mol. The first-order chi connectivity index (χ1) is 8.65. The monoisotopic (exact) mass is 248 g/mol. The van der Waals surface area contributed by atoms with Gasteiger partial charge in [-0.3, -0.25) is 0 Å². The van der Waals surface area contributed by atoms with Crippen LogP contribution >= 0.6 is 0 Å². The molecule has 0 fully saturated rings. The summed E-state index contributed by atoms with van der Waals surface area (Å²) < 4.78 is 24.0. The molecule has 18 heavy (non-hydrogen) atoms. The van der Waals surface area contributed by atoms with E-state index in [2.05, 4.69) is 0 Å². The second-order valence-electron chi connectivity index (χ2n) is 3.73. The van der Waals surface area contributed by atoms with Crippen LogP contribution in [0.15, 0.2) is 36.4 Å². The minimum absolute atomic E-state index is 0.0736. The summed E-state index contributed by atoms with van der Waals surface area (Å²) in [7, 11) is 2.95. The Morgan fingerprint density at radius 2 is 1.67 bits per heavy atom. The van der Waals surface area contributed by atoms with E-state index in [-0.39, 0.29) is 5.75 Å². The van der Waals surface area contributed by atoms with E-state index in [1.807, 2.05) is 0 Å². The summed E-state index contributed by atoms with van der Waals surface area (Å²) in [4.78, 5) is 0. The zero-order chi connectivity index (χ0) is 13.1. The first-order valence-electron chi connectivity index (χ1n) is 5.36. The minimum atomic E-state index is -0.404. The summed E-state index contributed by atoms with van der Waals surface area (Å²) in [6.45, 7) is 0. The van der Waals surface area contributed by atoms with Gasteiger partial charge in [-0.05, 0) is 24.3 Å². The molecule has 2 aromatic rings. The molecule has 0 aliphatic carbocycles. The number of halogens is 1. The van der Waals surface area contributed by atoms with Gasteiger partial charge in [0.1, 0.15) is 23.1 Å². The van der Waals surface area contributed by atoms with Crippen molar-refractivity contribution >= 4 is 0 Å². The smallest absolute Gasteiger partial charge is 0.134 e. The maximum atomic E-state index is 13.9. The van der Waals surface area contributed by atoms with Crippen LogP contribution in [-0.4, -0.2) is 19.3 Å². The summed E-state index contributed by atoms with van der Waals surface area (Å²) >= 11 is 0. The second-order valence-corrected chi connectivity index (χ2v) is 3.73. The van der Waals surface area contributed by atoms with E-state index in [0.717, 1.165) is 0 Å². The highest BCUT2D eigenvalue weighted by Crippen LogP contribution is 2.35. The Morgan fingerprint density at radius 3 is 2.28 bits per heavy atom. The molecular formula is C14H13FO3. The molecule has 0 bridgehead atoms. The highest BCUT2D eigenvalue weighted by atomic mass is 19.1. The Morgan fingerprint density at radius 1 is 0.944 bits per heavy atom. The topological polar surface area (TPSA) is 38.7 Å². The second kappa shape index (κ2) is 4.96. The molecule has 4 heteroatoms. The van der Waals surface area contributed by atoms with Gasteiger partial charge in [0.2, 0.25) is 0 Å². The molecule has 2 aromatic carbocycles. The highest BCUT2D eigenvalue weighted by Gasteiger charge is 2.12. The standard InChI is InChI=1S/C14H13FO3/c1-17-10-4-6-11(13(15)8-10)12-5-3-9(16)7-14(12)18-2/h3-8,16H,1-2H3. The summed E-state index contributed by atoms with van der Waals surface area (Å²) in [5.74, 6) is 0.538. The van der Waals surface area contributed by atoms with Crippen LogP contribution in [0.4, 0.5) is 4.39 Å². The molecule has 0 amide bonds. The quantitative estimate of drug-likeness (QED) is 0.906. The average molecular weight is 248 g/mol. The predicted molar refractivity (Wildman–Crippen MR) is 66.6 cm³/mol. The third-order valence-electron chi connectivity index (χ3n) is 2.65. The van der Waals surface area contributed by atoms with Gasteiger partial charge in [0.05, 0.1) is 14.2 Å². The Balaban J connectivity index is 2.54. The molecule has 2 rings (SSSR count). The van der Waals surface area contributed by atoms with Crippen LogP contribution in [0.1, 0.15) is 0 Å². The highest BCUT2D eigenvalue weighted by molar-refractivity contribution is 5.72. The third kappa shape index (κ3) is 2.22. The maximum Gasteiger partial charge on any atom is 0.134 e. The fourth-order valence-electron chi connectivity index (χ4n) is 1.74. The zero-order valence-electron chi connectivity index (χ0n) is 10.1. The van der Waals surface area contributed by atoms with Crippen molar-refractivity contribution in [1.29, 1.82) is 0 Å². The van der Waals surface area contributed by atoms with Gasteiger partial charge in [0, 0.05) is 23.3 Å². The molecule has 0 aromatic heterocycles. The van der Waals surface area contributed by atoms with E-state index in [1.54, 1.807) is 18.2 Å². The summed E-state index contributed by atoms with van der Waals surface area (Å²) in [6.07, 6.45) is 0. The maximum absolute atomic E-state index is 13.9. The van der Waals surface area contributed by atoms with Crippen molar-refractivity contribution in [1.82, 2.24) is 0 Å². The number of benzene rings is 2. The third-order valence-corrected chi connectivity index (χ3v) is 2.65. The fourth-order valence-corrected chi connectivity index (χ4v) is 1.74. The van der Waals surface area contributed by atoms with Crippen molar-refractivity contribution in [3.05, 3.63) is 42.2 Å². The largest absolute Gasteiger partial charge is 0.508 e. The van der Waals surface area contributed by atoms with Gasteiger partial charge >= 0.3 is 0 Å². The number of methoxy groups -OCH3 is 2. The van der Waals surface area contributed by atoms with Gasteiger partial charge in [-0.15, -0.1) is 0 Å². The summed E-state index contributed by atoms with van der Waals surface area (Å²) in [5, 5.41) is 9.37. The van der Waals surface area contributed by atoms with Crippen LogP contribution in [0.25, 0.3) is 11.1 Å². The van der Waals surface area contributed by atoms with Gasteiger partial charge in [0.25, 0.3) is 0 Å². The molecule has 1 N–H and O–H groups in total. The minimum Gasteiger partial charge on any atom is -0.508 e. The van der Waals surface area contributed by atoms with Crippen LogP contribution in [0.2, 0.25) is 0 Å². The van der Waals surface area contributed by atoms with Gasteiger partial charge in [-0.2, -0.15) is 0 Å². The van der Waals surface area contributed by atoms with Crippen molar-refractivity contribution in [2.45, 2.75) is 0 Å². The zero-order valence-corrected chi connectivity index (χ0v) is 10.1. The lowest BCUT2D eigenvalue weighted by Crippen LogP contribution is -1.91. The van der Waals surface area contributed by atoms with Crippen molar-refractivity contribution in [3.8, 4) is 28.4 Å². The number of phenols is 1. The molecule has 0 aliphatic rings. The first-order valence-corrected chi connectivity index (χ1v) is 5.36. The molecule has 0 saturated heterocycles. The Bertz CT molecular complexity index is 567. The summed E-state index contributed by atoms with van der Waals surface area (Å²) in [6, 6.07) is 9.13. The van der Waals surface area contributed by atoms with Crippen LogP contribution in [-0.2, 0) is 0 Å². The lowest BCUT2D eigenvalue weighted by atomic mass is 10.0. The lowest BCUT2D eigenvalue weighted by molar-refractivity contribution is 0.407. The molecule has 0 unspecified atom stereocenters. The molecule has 0 radical (unpaired) electrons. The van der Waals surface area contributed by atoms with Gasteiger partial charge in [0.15, 0.2) is 0 Å². The Labute approximate surface area is 104 Å². The molecule has 0 spiro atoms. The number of hydrogen-bond donors (Lipinski definition) is 1. The van der Waals surface area contributed by atoms with Gasteiger partial charge < -0.3 is 14.6 Å². The van der Waals surface area contributed by atoms with Gasteiger partial charge in [-0.25, -0.2) is 4.39 Å². The van der Waals surface area contributed by atoms with Crippen LogP contribution < -0.4 is 9.47 Å². The van der Waals surface area contributed by atoms with Crippen LogP contribution in [0.3, 0.4) is 0 Å². The van der Waals surface area contributed by atoms with E-state index in [9.17, 15) is 9.50 Å². The molecule has 3 nitrogen and oxygen atoms in total. The molecule has 0 aliphatic heterocycles. The Hall–Kier alpha value is -2.23. The number of hydrogen-bond acceptors (Lipinski definition) is 3. The fraction of sp³-hybridized carbons (Fsp3) is 0.143.